The van der Waals surface area contributed by atoms with Gasteiger partial charge < -0.3 is 24.4 Å². The van der Waals surface area contributed by atoms with Crippen LogP contribution in [0.5, 0.6) is 17.2 Å². The molecule has 1 saturated heterocycles. The van der Waals surface area contributed by atoms with Crippen molar-refractivity contribution in [2.45, 2.75) is 12.8 Å². The Hall–Kier alpha value is -3.66. The van der Waals surface area contributed by atoms with Crippen LogP contribution >= 0.6 is 0 Å². The molecule has 7 heteroatoms. The molecular formula is C24H26N2O5. The van der Waals surface area contributed by atoms with Crippen molar-refractivity contribution in [2.24, 2.45) is 5.92 Å². The van der Waals surface area contributed by atoms with Gasteiger partial charge in [0.2, 0.25) is 11.8 Å². The lowest BCUT2D eigenvalue weighted by atomic mass is 10.1. The highest BCUT2D eigenvalue weighted by atomic mass is 16.5. The molecule has 0 bridgehead atoms. The topological polar surface area (TPSA) is 77.1 Å². The number of methoxy groups -OCH3 is 2. The Morgan fingerprint density at radius 2 is 1.90 bits per heavy atom. The first-order chi connectivity index (χ1) is 15.0. The minimum atomic E-state index is -0.389. The monoisotopic (exact) mass is 422 g/mol. The van der Waals surface area contributed by atoms with Gasteiger partial charge in [0, 0.05) is 31.3 Å². The molecular weight excluding hydrogens is 396 g/mol. The number of terminal acetylenes is 1. The molecule has 2 amide bonds. The second-order valence-electron chi connectivity index (χ2n) is 7.12. The predicted molar refractivity (Wildman–Crippen MR) is 117 cm³/mol. The summed E-state index contributed by atoms with van der Waals surface area (Å²) in [5, 5.41) is 2.94. The number of carbonyl (C=O) groups is 2. The number of amides is 2. The Balaban J connectivity index is 1.52. The zero-order chi connectivity index (χ0) is 22.2. The number of benzene rings is 2. The maximum Gasteiger partial charge on any atom is 0.227 e. The van der Waals surface area contributed by atoms with E-state index in [2.05, 4.69) is 11.2 Å². The van der Waals surface area contributed by atoms with Crippen molar-refractivity contribution in [2.75, 3.05) is 38.8 Å². The molecule has 0 spiro atoms. The van der Waals surface area contributed by atoms with Gasteiger partial charge >= 0.3 is 0 Å². The zero-order valence-electron chi connectivity index (χ0n) is 17.7. The molecule has 1 heterocycles. The van der Waals surface area contributed by atoms with Crippen molar-refractivity contribution in [1.29, 1.82) is 0 Å². The normalized spacial score (nSPS) is 15.3. The Bertz CT molecular complexity index is 965. The largest absolute Gasteiger partial charge is 0.493 e. The van der Waals surface area contributed by atoms with E-state index in [1.165, 1.54) is 0 Å². The van der Waals surface area contributed by atoms with E-state index in [0.717, 1.165) is 5.56 Å². The maximum absolute atomic E-state index is 12.6. The highest BCUT2D eigenvalue weighted by Gasteiger charge is 2.35. The molecule has 3 rings (SSSR count). The molecule has 31 heavy (non-hydrogen) atoms. The molecule has 0 saturated carbocycles. The van der Waals surface area contributed by atoms with Crippen LogP contribution in [-0.4, -0.2) is 45.7 Å². The summed E-state index contributed by atoms with van der Waals surface area (Å²) in [6.45, 7) is 1.06. The Kier molecular flexibility index (Phi) is 7.39. The number of nitrogens with one attached hydrogen (secondary N) is 1. The van der Waals surface area contributed by atoms with Crippen molar-refractivity contribution in [1.82, 2.24) is 5.32 Å². The summed E-state index contributed by atoms with van der Waals surface area (Å²) in [6, 6.07) is 12.9. The van der Waals surface area contributed by atoms with Gasteiger partial charge in [-0.15, -0.1) is 6.42 Å². The molecule has 1 fully saturated rings. The van der Waals surface area contributed by atoms with Crippen molar-refractivity contribution in [3.63, 3.8) is 0 Å². The van der Waals surface area contributed by atoms with E-state index in [1.54, 1.807) is 37.3 Å². The molecule has 1 atom stereocenters. The van der Waals surface area contributed by atoms with Crippen LogP contribution in [0.3, 0.4) is 0 Å². The summed E-state index contributed by atoms with van der Waals surface area (Å²) in [5.41, 5.74) is 1.76. The molecule has 7 nitrogen and oxygen atoms in total. The summed E-state index contributed by atoms with van der Waals surface area (Å²) in [7, 11) is 3.10. The third-order valence-electron chi connectivity index (χ3n) is 5.13. The van der Waals surface area contributed by atoms with Crippen LogP contribution in [-0.2, 0) is 16.0 Å². The summed E-state index contributed by atoms with van der Waals surface area (Å²) in [5.74, 6) is 3.66. The Labute approximate surface area is 182 Å². The molecule has 162 valence electrons. The smallest absolute Gasteiger partial charge is 0.227 e. The molecule has 1 aliphatic heterocycles. The predicted octanol–water partition coefficient (Wildman–Crippen LogP) is 2.43. The summed E-state index contributed by atoms with van der Waals surface area (Å²) in [6.07, 6.45) is 6.04. The van der Waals surface area contributed by atoms with E-state index in [-0.39, 0.29) is 30.8 Å². The average molecular weight is 422 g/mol. The highest BCUT2D eigenvalue weighted by Crippen LogP contribution is 2.34. The van der Waals surface area contributed by atoms with Gasteiger partial charge in [0.05, 0.1) is 20.1 Å². The summed E-state index contributed by atoms with van der Waals surface area (Å²) < 4.78 is 15.9. The number of anilines is 1. The second kappa shape index (κ2) is 10.4. The first-order valence-electron chi connectivity index (χ1n) is 10.0. The van der Waals surface area contributed by atoms with E-state index >= 15 is 0 Å². The fourth-order valence-electron chi connectivity index (χ4n) is 3.48. The third-order valence-corrected chi connectivity index (χ3v) is 5.13. The first kappa shape index (κ1) is 22.0. The molecule has 1 aliphatic rings. The van der Waals surface area contributed by atoms with Crippen molar-refractivity contribution in [3.05, 3.63) is 48.0 Å². The van der Waals surface area contributed by atoms with Crippen LogP contribution in [0.15, 0.2) is 42.5 Å². The van der Waals surface area contributed by atoms with Crippen LogP contribution in [0.1, 0.15) is 12.0 Å². The second-order valence-corrected chi connectivity index (χ2v) is 7.12. The molecule has 2 aromatic carbocycles. The van der Waals surface area contributed by atoms with Gasteiger partial charge in [-0.05, 0) is 36.2 Å². The third kappa shape index (κ3) is 5.48. The Morgan fingerprint density at radius 3 is 2.58 bits per heavy atom. The van der Waals surface area contributed by atoms with Crippen molar-refractivity contribution < 1.29 is 23.8 Å². The van der Waals surface area contributed by atoms with Crippen molar-refractivity contribution in [3.8, 4) is 29.6 Å². The number of ether oxygens (including phenoxy) is 3. The van der Waals surface area contributed by atoms with E-state index in [9.17, 15) is 9.59 Å². The standard InChI is InChI=1S/C24H26N2O5/c1-4-13-31-20-8-5-17(6-9-20)11-12-25-24(28)18-14-23(27)26(16-18)19-7-10-21(29-2)22(15-19)30-3/h1,5-10,15,18H,11-14,16H2,2-3H3,(H,25,28). The van der Waals surface area contributed by atoms with Gasteiger partial charge in [0.15, 0.2) is 11.5 Å². The van der Waals surface area contributed by atoms with Crippen LogP contribution in [0, 0.1) is 18.3 Å². The summed E-state index contributed by atoms with van der Waals surface area (Å²) >= 11 is 0. The lowest BCUT2D eigenvalue weighted by Crippen LogP contribution is -2.34. The van der Waals surface area contributed by atoms with E-state index in [0.29, 0.717) is 42.4 Å². The van der Waals surface area contributed by atoms with E-state index in [1.807, 2.05) is 24.3 Å². The molecule has 1 N–H and O–H groups in total. The van der Waals surface area contributed by atoms with Crippen LogP contribution < -0.4 is 24.4 Å². The maximum atomic E-state index is 12.6. The number of hydrogen-bond acceptors (Lipinski definition) is 5. The number of nitrogens with zero attached hydrogens (tertiary/aromatic N) is 1. The molecule has 0 aliphatic carbocycles. The highest BCUT2D eigenvalue weighted by molar-refractivity contribution is 6.00. The molecule has 0 radical (unpaired) electrons. The van der Waals surface area contributed by atoms with Gasteiger partial charge in [-0.2, -0.15) is 0 Å². The van der Waals surface area contributed by atoms with Gasteiger partial charge in [-0.1, -0.05) is 18.1 Å². The van der Waals surface area contributed by atoms with Gasteiger partial charge in [-0.25, -0.2) is 0 Å². The lowest BCUT2D eigenvalue weighted by Gasteiger charge is -2.18. The number of carbonyl (C=O) groups excluding carboxylic acids is 2. The summed E-state index contributed by atoms with van der Waals surface area (Å²) in [4.78, 5) is 26.7. The van der Waals surface area contributed by atoms with Gasteiger partial charge in [-0.3, -0.25) is 9.59 Å². The van der Waals surface area contributed by atoms with Crippen LogP contribution in [0.4, 0.5) is 5.69 Å². The Morgan fingerprint density at radius 1 is 1.16 bits per heavy atom. The molecule has 2 aromatic rings. The van der Waals surface area contributed by atoms with Gasteiger partial charge in [0.25, 0.3) is 0 Å². The SMILES string of the molecule is C#CCOc1ccc(CCNC(=O)C2CC(=O)N(c3ccc(OC)c(OC)c3)C2)cc1. The average Bonchev–Trinajstić information content (AvgIpc) is 3.19. The fraction of sp³-hybridized carbons (Fsp3) is 0.333. The quantitative estimate of drug-likeness (QED) is 0.628. The van der Waals surface area contributed by atoms with Crippen molar-refractivity contribution >= 4 is 17.5 Å². The number of hydrogen-bond donors (Lipinski definition) is 1. The molecule has 0 aromatic heterocycles. The minimum absolute atomic E-state index is 0.0880. The number of rotatable bonds is 9. The van der Waals surface area contributed by atoms with Gasteiger partial charge in [0.1, 0.15) is 12.4 Å². The molecule has 1 unspecified atom stereocenters. The lowest BCUT2D eigenvalue weighted by molar-refractivity contribution is -0.126. The zero-order valence-corrected chi connectivity index (χ0v) is 17.7. The van der Waals surface area contributed by atoms with Crippen LogP contribution in [0.2, 0.25) is 0 Å². The van der Waals surface area contributed by atoms with E-state index in [4.69, 9.17) is 20.6 Å². The first-order valence-corrected chi connectivity index (χ1v) is 10.0. The van der Waals surface area contributed by atoms with Crippen LogP contribution in [0.25, 0.3) is 0 Å². The minimum Gasteiger partial charge on any atom is -0.493 e. The van der Waals surface area contributed by atoms with E-state index < -0.39 is 0 Å². The fourth-order valence-corrected chi connectivity index (χ4v) is 3.48.